The standard InChI is InChI=1S/C31H36N6O/c1-21-17-25(7-8-27(21)22-10-15-36(2)16-11-22)34-30-29-23(9-12-32-31(29)38)18-28(35-30)24-5-6-26(33-19-24)20-37-13-3-4-14-37/h5-9,12,17-19,22H,3-4,10-11,13-16,20H2,1-2H3,(H,32,38)(H,34,35). The van der Waals surface area contributed by atoms with Crippen molar-refractivity contribution in [1.82, 2.24) is 24.8 Å². The van der Waals surface area contributed by atoms with Gasteiger partial charge in [0.25, 0.3) is 5.56 Å². The molecule has 5 heterocycles. The van der Waals surface area contributed by atoms with Crippen LogP contribution in [0.3, 0.4) is 0 Å². The van der Waals surface area contributed by atoms with E-state index < -0.39 is 0 Å². The van der Waals surface area contributed by atoms with Gasteiger partial charge >= 0.3 is 0 Å². The third kappa shape index (κ3) is 5.22. The highest BCUT2D eigenvalue weighted by Gasteiger charge is 2.20. The van der Waals surface area contributed by atoms with Gasteiger partial charge in [0.05, 0.1) is 16.8 Å². The molecule has 2 aliphatic heterocycles. The van der Waals surface area contributed by atoms with Crippen molar-refractivity contribution in [2.45, 2.75) is 45.1 Å². The Bertz CT molecular complexity index is 1480. The third-order valence-corrected chi connectivity index (χ3v) is 8.15. The Kier molecular flexibility index (Phi) is 6.96. The smallest absolute Gasteiger partial charge is 0.259 e. The second-order valence-electron chi connectivity index (χ2n) is 10.9. The number of fused-ring (bicyclic) bond motifs is 1. The Labute approximate surface area is 223 Å². The van der Waals surface area contributed by atoms with Crippen LogP contribution in [-0.2, 0) is 6.54 Å². The molecule has 2 saturated heterocycles. The normalized spacial score (nSPS) is 17.3. The fraction of sp³-hybridized carbons (Fsp3) is 0.387. The van der Waals surface area contributed by atoms with E-state index in [2.05, 4.69) is 64.4 Å². The number of rotatable bonds is 6. The Morgan fingerprint density at radius 1 is 1.03 bits per heavy atom. The molecule has 0 radical (unpaired) electrons. The average Bonchev–Trinajstić information content (AvgIpc) is 3.43. The molecule has 0 atom stereocenters. The van der Waals surface area contributed by atoms with Crippen LogP contribution in [0.25, 0.3) is 22.0 Å². The van der Waals surface area contributed by atoms with Crippen molar-refractivity contribution in [2.24, 2.45) is 0 Å². The van der Waals surface area contributed by atoms with E-state index in [4.69, 9.17) is 9.97 Å². The first-order valence-electron chi connectivity index (χ1n) is 13.8. The molecule has 4 aromatic rings. The Hall–Kier alpha value is -3.55. The van der Waals surface area contributed by atoms with Crippen molar-refractivity contribution in [1.29, 1.82) is 0 Å². The summed E-state index contributed by atoms with van der Waals surface area (Å²) in [6.45, 7) is 7.66. The number of nitrogens with one attached hydrogen (secondary N) is 2. The molecule has 0 amide bonds. The van der Waals surface area contributed by atoms with E-state index in [0.717, 1.165) is 60.7 Å². The van der Waals surface area contributed by atoms with Gasteiger partial charge < -0.3 is 15.2 Å². The summed E-state index contributed by atoms with van der Waals surface area (Å²) >= 11 is 0. The van der Waals surface area contributed by atoms with Crippen LogP contribution in [0, 0.1) is 6.92 Å². The number of aryl methyl sites for hydroxylation is 1. The van der Waals surface area contributed by atoms with Crippen LogP contribution in [0.5, 0.6) is 0 Å². The van der Waals surface area contributed by atoms with Gasteiger partial charge in [0.2, 0.25) is 0 Å². The van der Waals surface area contributed by atoms with Crippen molar-refractivity contribution in [3.05, 3.63) is 82.0 Å². The van der Waals surface area contributed by atoms with Gasteiger partial charge in [-0.05, 0) is 125 Å². The van der Waals surface area contributed by atoms with Gasteiger partial charge in [0.1, 0.15) is 5.82 Å². The molecule has 0 unspecified atom stereocenters. The van der Waals surface area contributed by atoms with Crippen LogP contribution in [0.15, 0.2) is 59.7 Å². The maximum Gasteiger partial charge on any atom is 0.259 e. The average molecular weight is 509 g/mol. The number of aromatic nitrogens is 3. The molecule has 196 valence electrons. The minimum atomic E-state index is -0.150. The summed E-state index contributed by atoms with van der Waals surface area (Å²) in [5.41, 5.74) is 6.30. The first-order valence-corrected chi connectivity index (χ1v) is 13.8. The van der Waals surface area contributed by atoms with E-state index >= 15 is 0 Å². The summed E-state index contributed by atoms with van der Waals surface area (Å²) < 4.78 is 0. The highest BCUT2D eigenvalue weighted by atomic mass is 16.1. The van der Waals surface area contributed by atoms with Crippen molar-refractivity contribution < 1.29 is 0 Å². The number of likely N-dealkylation sites (tertiary alicyclic amines) is 2. The first-order chi connectivity index (χ1) is 18.5. The highest BCUT2D eigenvalue weighted by molar-refractivity contribution is 5.95. The number of aromatic amines is 1. The lowest BCUT2D eigenvalue weighted by Crippen LogP contribution is -2.29. The molecule has 38 heavy (non-hydrogen) atoms. The second kappa shape index (κ2) is 10.7. The molecular weight excluding hydrogens is 472 g/mol. The van der Waals surface area contributed by atoms with Crippen LogP contribution in [0.4, 0.5) is 11.5 Å². The lowest BCUT2D eigenvalue weighted by molar-refractivity contribution is 0.255. The van der Waals surface area contributed by atoms with E-state index in [0.29, 0.717) is 17.1 Å². The van der Waals surface area contributed by atoms with E-state index in [1.807, 2.05) is 18.3 Å². The molecule has 2 N–H and O–H groups in total. The predicted molar refractivity (Wildman–Crippen MR) is 154 cm³/mol. The molecular formula is C31H36N6O. The fourth-order valence-corrected chi connectivity index (χ4v) is 5.96. The molecule has 0 aliphatic carbocycles. The molecule has 3 aromatic heterocycles. The molecule has 6 rings (SSSR count). The zero-order chi connectivity index (χ0) is 26.1. The van der Waals surface area contributed by atoms with E-state index in [9.17, 15) is 4.79 Å². The number of hydrogen-bond acceptors (Lipinski definition) is 6. The number of benzene rings is 1. The Morgan fingerprint density at radius 2 is 1.84 bits per heavy atom. The number of H-pyrrole nitrogens is 1. The number of nitrogens with zero attached hydrogens (tertiary/aromatic N) is 4. The summed E-state index contributed by atoms with van der Waals surface area (Å²) in [5, 5.41) is 4.88. The first kappa shape index (κ1) is 24.8. The second-order valence-corrected chi connectivity index (χ2v) is 10.9. The quantitative estimate of drug-likeness (QED) is 0.361. The van der Waals surface area contributed by atoms with Crippen LogP contribution in [0.1, 0.15) is 48.4 Å². The van der Waals surface area contributed by atoms with Gasteiger partial charge in [0.15, 0.2) is 0 Å². The molecule has 2 aliphatic rings. The monoisotopic (exact) mass is 508 g/mol. The summed E-state index contributed by atoms with van der Waals surface area (Å²) in [7, 11) is 2.20. The van der Waals surface area contributed by atoms with Crippen LogP contribution in [-0.4, -0.2) is 58.0 Å². The zero-order valence-electron chi connectivity index (χ0n) is 22.3. The maximum absolute atomic E-state index is 12.8. The zero-order valence-corrected chi connectivity index (χ0v) is 22.3. The van der Waals surface area contributed by atoms with Crippen molar-refractivity contribution in [3.8, 4) is 11.3 Å². The third-order valence-electron chi connectivity index (χ3n) is 8.15. The van der Waals surface area contributed by atoms with Gasteiger partial charge in [-0.15, -0.1) is 0 Å². The molecule has 1 aromatic carbocycles. The maximum atomic E-state index is 12.8. The van der Waals surface area contributed by atoms with Gasteiger partial charge in [-0.2, -0.15) is 0 Å². The number of piperidine rings is 1. The number of hydrogen-bond donors (Lipinski definition) is 2. The van der Waals surface area contributed by atoms with Gasteiger partial charge in [0, 0.05) is 30.2 Å². The van der Waals surface area contributed by atoms with Crippen molar-refractivity contribution in [3.63, 3.8) is 0 Å². The Balaban J connectivity index is 1.30. The van der Waals surface area contributed by atoms with Gasteiger partial charge in [-0.3, -0.25) is 14.7 Å². The van der Waals surface area contributed by atoms with Crippen molar-refractivity contribution >= 4 is 22.3 Å². The molecule has 0 bridgehead atoms. The predicted octanol–water partition coefficient (Wildman–Crippen LogP) is 5.44. The SMILES string of the molecule is Cc1cc(Nc2nc(-c3ccc(CN4CCCC4)nc3)cc3cc[nH]c(=O)c23)ccc1C1CCN(C)CC1. The molecule has 7 heteroatoms. The molecule has 0 spiro atoms. The summed E-state index contributed by atoms with van der Waals surface area (Å²) in [6, 6.07) is 14.6. The lowest BCUT2D eigenvalue weighted by Gasteiger charge is -2.30. The van der Waals surface area contributed by atoms with E-state index in [-0.39, 0.29) is 5.56 Å². The Morgan fingerprint density at radius 3 is 2.58 bits per heavy atom. The largest absolute Gasteiger partial charge is 0.340 e. The van der Waals surface area contributed by atoms with Crippen molar-refractivity contribution in [2.75, 3.05) is 38.5 Å². The molecule has 0 saturated carbocycles. The minimum absolute atomic E-state index is 0.150. The highest BCUT2D eigenvalue weighted by Crippen LogP contribution is 2.33. The molecule has 7 nitrogen and oxygen atoms in total. The summed E-state index contributed by atoms with van der Waals surface area (Å²) in [4.78, 5) is 30.2. The van der Waals surface area contributed by atoms with Crippen LogP contribution < -0.4 is 10.9 Å². The summed E-state index contributed by atoms with van der Waals surface area (Å²) in [5.74, 6) is 1.17. The van der Waals surface area contributed by atoms with Crippen LogP contribution in [0.2, 0.25) is 0 Å². The van der Waals surface area contributed by atoms with E-state index in [1.54, 1.807) is 6.20 Å². The van der Waals surface area contributed by atoms with Crippen LogP contribution >= 0.6 is 0 Å². The fourth-order valence-electron chi connectivity index (χ4n) is 5.96. The number of pyridine rings is 3. The van der Waals surface area contributed by atoms with Gasteiger partial charge in [-0.25, -0.2) is 4.98 Å². The summed E-state index contributed by atoms with van der Waals surface area (Å²) in [6.07, 6.45) is 8.52. The van der Waals surface area contributed by atoms with Gasteiger partial charge in [-0.1, -0.05) is 6.07 Å². The molecule has 2 fully saturated rings. The number of anilines is 2. The lowest BCUT2D eigenvalue weighted by atomic mass is 9.87. The minimum Gasteiger partial charge on any atom is -0.340 e. The van der Waals surface area contributed by atoms with E-state index in [1.165, 1.54) is 36.8 Å². The topological polar surface area (TPSA) is 77.1 Å².